The summed E-state index contributed by atoms with van der Waals surface area (Å²) in [6.45, 7) is 8.38. The summed E-state index contributed by atoms with van der Waals surface area (Å²) >= 11 is 3.40. The van der Waals surface area contributed by atoms with Crippen LogP contribution in [0.2, 0.25) is 0 Å². The number of hydrogen-bond acceptors (Lipinski definition) is 7. The van der Waals surface area contributed by atoms with E-state index in [9.17, 15) is 4.39 Å². The first-order valence-electron chi connectivity index (χ1n) is 11.1. The Morgan fingerprint density at radius 2 is 2.03 bits per heavy atom. The van der Waals surface area contributed by atoms with Gasteiger partial charge in [-0.2, -0.15) is 4.98 Å². The van der Waals surface area contributed by atoms with Crippen LogP contribution in [0.1, 0.15) is 37.6 Å². The van der Waals surface area contributed by atoms with Crippen molar-refractivity contribution in [1.29, 1.82) is 0 Å². The van der Waals surface area contributed by atoms with E-state index in [1.54, 1.807) is 6.92 Å². The summed E-state index contributed by atoms with van der Waals surface area (Å²) in [5, 5.41) is 8.47. The highest BCUT2D eigenvalue weighted by atomic mass is 79.9. The fraction of sp³-hybridized carbons (Fsp3) is 0.522. The molecule has 3 atom stereocenters. The standard InChI is InChI=1S/C23H27BrFN5O2/c1-12-8-16(27-17-5-7-31-11-17)4-6-30(12)22-20(23-26-14(3)29-32-23)13(2)18-9-15(24)10-19(25)21(18)28-22/h9-10,12,16-17,27H,4-8,11H2,1-3H3/t12-,16-,17-/m0/s1. The maximum atomic E-state index is 14.9. The van der Waals surface area contributed by atoms with Crippen molar-refractivity contribution in [2.24, 2.45) is 0 Å². The van der Waals surface area contributed by atoms with Crippen LogP contribution in [0.3, 0.4) is 0 Å². The minimum atomic E-state index is -0.350. The van der Waals surface area contributed by atoms with Crippen LogP contribution in [0.25, 0.3) is 22.4 Å². The van der Waals surface area contributed by atoms with E-state index in [-0.39, 0.29) is 11.9 Å². The second-order valence-electron chi connectivity index (χ2n) is 8.86. The summed E-state index contributed by atoms with van der Waals surface area (Å²) < 4.78 is 26.7. The van der Waals surface area contributed by atoms with Crippen LogP contribution in [-0.4, -0.2) is 53.0 Å². The second kappa shape index (κ2) is 8.68. The molecule has 170 valence electrons. The Hall–Kier alpha value is -2.10. The second-order valence-corrected chi connectivity index (χ2v) is 9.77. The van der Waals surface area contributed by atoms with E-state index in [0.29, 0.717) is 39.6 Å². The van der Waals surface area contributed by atoms with E-state index in [0.717, 1.165) is 55.5 Å². The van der Waals surface area contributed by atoms with Crippen LogP contribution in [0.5, 0.6) is 0 Å². The third kappa shape index (κ3) is 4.02. The van der Waals surface area contributed by atoms with Gasteiger partial charge in [0.15, 0.2) is 11.6 Å². The van der Waals surface area contributed by atoms with Gasteiger partial charge in [0.1, 0.15) is 11.3 Å². The highest BCUT2D eigenvalue weighted by Gasteiger charge is 2.32. The minimum Gasteiger partial charge on any atom is -0.380 e. The van der Waals surface area contributed by atoms with Crippen molar-refractivity contribution in [3.63, 3.8) is 0 Å². The number of halogens is 2. The number of benzene rings is 1. The number of nitrogens with one attached hydrogen (secondary N) is 1. The van der Waals surface area contributed by atoms with Gasteiger partial charge in [0.2, 0.25) is 0 Å². The predicted molar refractivity (Wildman–Crippen MR) is 124 cm³/mol. The molecule has 2 saturated heterocycles. The van der Waals surface area contributed by atoms with Crippen LogP contribution in [0, 0.1) is 19.7 Å². The predicted octanol–water partition coefficient (Wildman–Crippen LogP) is 4.54. The SMILES string of the molecule is Cc1noc(-c2c(N3CC[C@H](N[C@H]4CCOC4)C[C@@H]3C)nc3c(F)cc(Br)cc3c2C)n1. The number of aromatic nitrogens is 3. The molecule has 3 aromatic rings. The topological polar surface area (TPSA) is 76.3 Å². The van der Waals surface area contributed by atoms with E-state index in [2.05, 4.69) is 43.2 Å². The van der Waals surface area contributed by atoms with Crippen LogP contribution in [0.15, 0.2) is 21.1 Å². The lowest BCUT2D eigenvalue weighted by Crippen LogP contribution is -2.50. The minimum absolute atomic E-state index is 0.217. The van der Waals surface area contributed by atoms with Crippen molar-refractivity contribution in [3.8, 4) is 11.5 Å². The monoisotopic (exact) mass is 503 g/mol. The molecule has 0 amide bonds. The van der Waals surface area contributed by atoms with Gasteiger partial charge in [-0.3, -0.25) is 0 Å². The zero-order chi connectivity index (χ0) is 22.4. The van der Waals surface area contributed by atoms with Crippen molar-refractivity contribution in [2.75, 3.05) is 24.7 Å². The number of piperidine rings is 1. The van der Waals surface area contributed by atoms with Crippen molar-refractivity contribution in [3.05, 3.63) is 33.8 Å². The molecule has 5 rings (SSSR count). The molecule has 0 bridgehead atoms. The molecule has 0 unspecified atom stereocenters. The average molecular weight is 504 g/mol. The smallest absolute Gasteiger partial charge is 0.261 e. The zero-order valence-electron chi connectivity index (χ0n) is 18.5. The van der Waals surface area contributed by atoms with E-state index in [1.165, 1.54) is 6.07 Å². The third-order valence-corrected chi connectivity index (χ3v) is 7.00. The molecule has 0 aliphatic carbocycles. The number of nitrogens with zero attached hydrogens (tertiary/aromatic N) is 4. The van der Waals surface area contributed by atoms with Crippen LogP contribution in [0.4, 0.5) is 10.2 Å². The number of anilines is 1. The van der Waals surface area contributed by atoms with Gasteiger partial charge in [-0.15, -0.1) is 0 Å². The highest BCUT2D eigenvalue weighted by molar-refractivity contribution is 9.10. The van der Waals surface area contributed by atoms with E-state index in [4.69, 9.17) is 14.2 Å². The molecule has 0 radical (unpaired) electrons. The molecule has 1 aromatic carbocycles. The van der Waals surface area contributed by atoms with Crippen LogP contribution < -0.4 is 10.2 Å². The van der Waals surface area contributed by atoms with Gasteiger partial charge in [0, 0.05) is 41.1 Å². The summed E-state index contributed by atoms with van der Waals surface area (Å²) in [7, 11) is 0. The Bertz CT molecular complexity index is 1150. The number of rotatable bonds is 4. The maximum absolute atomic E-state index is 14.9. The normalized spacial score (nSPS) is 23.9. The summed E-state index contributed by atoms with van der Waals surface area (Å²) in [5.74, 6) is 1.33. The first kappa shape index (κ1) is 21.7. The van der Waals surface area contributed by atoms with E-state index in [1.807, 2.05) is 13.0 Å². The first-order chi connectivity index (χ1) is 15.4. The number of ether oxygens (including phenoxy) is 1. The third-order valence-electron chi connectivity index (χ3n) is 6.54. The molecule has 4 heterocycles. The number of hydrogen-bond donors (Lipinski definition) is 1. The van der Waals surface area contributed by atoms with Crippen molar-refractivity contribution < 1.29 is 13.7 Å². The average Bonchev–Trinajstić information content (AvgIpc) is 3.40. The number of aryl methyl sites for hydroxylation is 2. The van der Waals surface area contributed by atoms with Gasteiger partial charge in [-0.1, -0.05) is 21.1 Å². The molecular weight excluding hydrogens is 477 g/mol. The van der Waals surface area contributed by atoms with Crippen molar-refractivity contribution in [1.82, 2.24) is 20.4 Å². The Morgan fingerprint density at radius 1 is 1.19 bits per heavy atom. The van der Waals surface area contributed by atoms with Crippen molar-refractivity contribution >= 4 is 32.7 Å². The molecule has 9 heteroatoms. The molecule has 7 nitrogen and oxygen atoms in total. The lowest BCUT2D eigenvalue weighted by atomic mass is 9.95. The molecule has 2 aliphatic heterocycles. The summed E-state index contributed by atoms with van der Waals surface area (Å²) in [6.07, 6.45) is 3.01. The van der Waals surface area contributed by atoms with E-state index < -0.39 is 0 Å². The molecule has 2 fully saturated rings. The Balaban J connectivity index is 1.55. The Kier molecular flexibility index (Phi) is 5.90. The van der Waals surface area contributed by atoms with Gasteiger partial charge in [0.25, 0.3) is 5.89 Å². The summed E-state index contributed by atoms with van der Waals surface area (Å²) in [5.41, 5.74) is 2.01. The van der Waals surface area contributed by atoms with Crippen LogP contribution in [-0.2, 0) is 4.74 Å². The quantitative estimate of drug-likeness (QED) is 0.559. The molecule has 32 heavy (non-hydrogen) atoms. The van der Waals surface area contributed by atoms with Gasteiger partial charge in [-0.05, 0) is 57.7 Å². The zero-order valence-corrected chi connectivity index (χ0v) is 20.1. The summed E-state index contributed by atoms with van der Waals surface area (Å²) in [4.78, 5) is 11.6. The molecule has 0 saturated carbocycles. The molecule has 2 aliphatic rings. The number of fused-ring (bicyclic) bond motifs is 1. The molecule has 2 aromatic heterocycles. The molecule has 1 N–H and O–H groups in total. The van der Waals surface area contributed by atoms with Crippen LogP contribution >= 0.6 is 15.9 Å². The van der Waals surface area contributed by atoms with Gasteiger partial charge in [-0.25, -0.2) is 9.37 Å². The maximum Gasteiger partial charge on any atom is 0.261 e. The fourth-order valence-corrected chi connectivity index (χ4v) is 5.36. The van der Waals surface area contributed by atoms with Gasteiger partial charge in [0.05, 0.1) is 12.2 Å². The lowest BCUT2D eigenvalue weighted by Gasteiger charge is -2.40. The Labute approximate surface area is 194 Å². The molecule has 0 spiro atoms. The van der Waals surface area contributed by atoms with Gasteiger partial charge < -0.3 is 19.5 Å². The largest absolute Gasteiger partial charge is 0.380 e. The lowest BCUT2D eigenvalue weighted by molar-refractivity contribution is 0.185. The Morgan fingerprint density at radius 3 is 2.72 bits per heavy atom. The fourth-order valence-electron chi connectivity index (χ4n) is 4.93. The highest BCUT2D eigenvalue weighted by Crippen LogP contribution is 2.39. The van der Waals surface area contributed by atoms with Gasteiger partial charge >= 0.3 is 0 Å². The number of pyridine rings is 1. The molecular formula is C23H27BrFN5O2. The van der Waals surface area contributed by atoms with E-state index >= 15 is 0 Å². The summed E-state index contributed by atoms with van der Waals surface area (Å²) in [6, 6.07) is 4.42. The first-order valence-corrected chi connectivity index (χ1v) is 11.9. The van der Waals surface area contributed by atoms with Crippen molar-refractivity contribution in [2.45, 2.75) is 58.2 Å².